The minimum atomic E-state index is -3.35. The zero-order valence-corrected chi connectivity index (χ0v) is 12.8. The van der Waals surface area contributed by atoms with Gasteiger partial charge >= 0.3 is 0 Å². The van der Waals surface area contributed by atoms with Crippen LogP contribution < -0.4 is 0 Å². The number of sulfone groups is 1. The Labute approximate surface area is 123 Å². The predicted octanol–water partition coefficient (Wildman–Crippen LogP) is 0.470. The van der Waals surface area contributed by atoms with E-state index in [0.717, 1.165) is 48.4 Å². The Bertz CT molecular complexity index is 769. The number of H-pyrrole nitrogens is 1. The molecule has 0 spiro atoms. The fraction of sp³-hybridized carbons (Fsp3) is 0.462. The van der Waals surface area contributed by atoms with Gasteiger partial charge in [-0.1, -0.05) is 0 Å². The largest absolute Gasteiger partial charge is 0.348 e. The molecule has 0 atom stereocenters. The number of aryl methyl sites for hydroxylation is 1. The van der Waals surface area contributed by atoms with Gasteiger partial charge in [-0.25, -0.2) is 23.4 Å². The smallest absolute Gasteiger partial charge is 0.246 e. The van der Waals surface area contributed by atoms with Crippen molar-refractivity contribution in [3.63, 3.8) is 0 Å². The van der Waals surface area contributed by atoms with Crippen LogP contribution in [0.25, 0.3) is 0 Å². The molecule has 21 heavy (non-hydrogen) atoms. The molecule has 3 heterocycles. The molecular weight excluding hydrogens is 290 g/mol. The SMILES string of the molecule is Cc1[nH]cnc1CN1CCc2nc(S(C)(=O)=O)ncc2C1. The minimum absolute atomic E-state index is 0.0853. The van der Waals surface area contributed by atoms with Gasteiger partial charge in [0.2, 0.25) is 15.0 Å². The number of aromatic nitrogens is 4. The number of rotatable bonds is 3. The van der Waals surface area contributed by atoms with Crippen LogP contribution in [0.15, 0.2) is 17.7 Å². The van der Waals surface area contributed by atoms with E-state index in [-0.39, 0.29) is 5.16 Å². The standard InChI is InChI=1S/C13H17N5O2S/c1-9-12(16-8-15-9)7-18-4-3-11-10(6-18)5-14-13(17-11)21(2,19)20/h5,8H,3-4,6-7H2,1-2H3,(H,15,16). The Balaban J connectivity index is 1.79. The van der Waals surface area contributed by atoms with Crippen LogP contribution >= 0.6 is 0 Å². The molecule has 1 aliphatic heterocycles. The van der Waals surface area contributed by atoms with Gasteiger partial charge in [-0.15, -0.1) is 0 Å². The summed E-state index contributed by atoms with van der Waals surface area (Å²) < 4.78 is 23.0. The third-order valence-corrected chi connectivity index (χ3v) is 4.49. The maximum absolute atomic E-state index is 11.5. The lowest BCUT2D eigenvalue weighted by Gasteiger charge is -2.27. The number of aromatic amines is 1. The van der Waals surface area contributed by atoms with Gasteiger partial charge in [-0.05, 0) is 6.92 Å². The van der Waals surface area contributed by atoms with Crippen LogP contribution in [0.2, 0.25) is 0 Å². The van der Waals surface area contributed by atoms with Crippen molar-refractivity contribution in [2.75, 3.05) is 12.8 Å². The van der Waals surface area contributed by atoms with E-state index >= 15 is 0 Å². The van der Waals surface area contributed by atoms with Gasteiger partial charge in [0.15, 0.2) is 0 Å². The molecule has 0 saturated carbocycles. The fourth-order valence-corrected chi connectivity index (χ4v) is 2.95. The van der Waals surface area contributed by atoms with Crippen LogP contribution in [0, 0.1) is 6.92 Å². The van der Waals surface area contributed by atoms with Gasteiger partial charge in [0.1, 0.15) is 0 Å². The van der Waals surface area contributed by atoms with Gasteiger partial charge in [-0.3, -0.25) is 4.90 Å². The van der Waals surface area contributed by atoms with Crippen molar-refractivity contribution in [3.8, 4) is 0 Å². The molecule has 0 aliphatic carbocycles. The molecule has 0 saturated heterocycles. The molecule has 0 aromatic carbocycles. The van der Waals surface area contributed by atoms with E-state index in [1.54, 1.807) is 12.5 Å². The summed E-state index contributed by atoms with van der Waals surface area (Å²) in [5, 5.41) is -0.0853. The van der Waals surface area contributed by atoms with E-state index in [0.29, 0.717) is 6.54 Å². The molecule has 112 valence electrons. The second-order valence-corrected chi connectivity index (χ2v) is 7.24. The van der Waals surface area contributed by atoms with E-state index in [9.17, 15) is 8.42 Å². The monoisotopic (exact) mass is 307 g/mol. The second-order valence-electron chi connectivity index (χ2n) is 5.33. The Morgan fingerprint density at radius 1 is 1.38 bits per heavy atom. The van der Waals surface area contributed by atoms with Crippen molar-refractivity contribution in [1.29, 1.82) is 0 Å². The minimum Gasteiger partial charge on any atom is -0.348 e. The van der Waals surface area contributed by atoms with Crippen molar-refractivity contribution >= 4 is 9.84 Å². The van der Waals surface area contributed by atoms with Crippen LogP contribution in [-0.4, -0.2) is 46.1 Å². The summed E-state index contributed by atoms with van der Waals surface area (Å²) in [5.41, 5.74) is 3.93. The lowest BCUT2D eigenvalue weighted by molar-refractivity contribution is 0.239. The van der Waals surface area contributed by atoms with E-state index in [2.05, 4.69) is 24.8 Å². The highest BCUT2D eigenvalue weighted by atomic mass is 32.2. The van der Waals surface area contributed by atoms with Crippen molar-refractivity contribution in [1.82, 2.24) is 24.8 Å². The Morgan fingerprint density at radius 2 is 2.19 bits per heavy atom. The molecule has 3 rings (SSSR count). The number of hydrogen-bond acceptors (Lipinski definition) is 6. The lowest BCUT2D eigenvalue weighted by Crippen LogP contribution is -2.31. The topological polar surface area (TPSA) is 91.8 Å². The van der Waals surface area contributed by atoms with E-state index in [1.165, 1.54) is 0 Å². The average Bonchev–Trinajstić information content (AvgIpc) is 2.82. The third-order valence-electron chi connectivity index (χ3n) is 3.63. The molecule has 1 aliphatic rings. The van der Waals surface area contributed by atoms with E-state index < -0.39 is 9.84 Å². The van der Waals surface area contributed by atoms with Crippen molar-refractivity contribution in [2.45, 2.75) is 31.6 Å². The molecule has 0 fully saturated rings. The normalized spacial score (nSPS) is 15.9. The third kappa shape index (κ3) is 2.96. The number of imidazole rings is 1. The molecule has 0 amide bonds. The van der Waals surface area contributed by atoms with Gasteiger partial charge in [0, 0.05) is 49.8 Å². The second kappa shape index (κ2) is 5.19. The fourth-order valence-electron chi connectivity index (χ4n) is 2.43. The number of nitrogens with one attached hydrogen (secondary N) is 1. The first-order chi connectivity index (χ1) is 9.93. The number of nitrogens with zero attached hydrogens (tertiary/aromatic N) is 4. The summed E-state index contributed by atoms with van der Waals surface area (Å²) in [6.07, 6.45) is 5.18. The van der Waals surface area contributed by atoms with Crippen molar-refractivity contribution in [2.24, 2.45) is 0 Å². The van der Waals surface area contributed by atoms with Gasteiger partial charge in [0.05, 0.1) is 17.7 Å². The first kappa shape index (κ1) is 14.2. The molecule has 2 aromatic heterocycles. The predicted molar refractivity (Wildman–Crippen MR) is 76.3 cm³/mol. The molecule has 0 radical (unpaired) electrons. The highest BCUT2D eigenvalue weighted by molar-refractivity contribution is 7.90. The van der Waals surface area contributed by atoms with E-state index in [1.807, 2.05) is 6.92 Å². The highest BCUT2D eigenvalue weighted by Crippen LogP contribution is 2.19. The van der Waals surface area contributed by atoms with Crippen molar-refractivity contribution < 1.29 is 8.42 Å². The van der Waals surface area contributed by atoms with Gasteiger partial charge in [-0.2, -0.15) is 0 Å². The maximum atomic E-state index is 11.5. The van der Waals surface area contributed by atoms with Crippen molar-refractivity contribution in [3.05, 3.63) is 35.2 Å². The van der Waals surface area contributed by atoms with Crippen LogP contribution in [-0.2, 0) is 29.3 Å². The molecule has 0 bridgehead atoms. The summed E-state index contributed by atoms with van der Waals surface area (Å²) in [6.45, 7) is 4.31. The lowest BCUT2D eigenvalue weighted by atomic mass is 10.1. The molecule has 1 N–H and O–H groups in total. The summed E-state index contributed by atoms with van der Waals surface area (Å²) in [6, 6.07) is 0. The van der Waals surface area contributed by atoms with E-state index in [4.69, 9.17) is 0 Å². The van der Waals surface area contributed by atoms with Crippen LogP contribution in [0.4, 0.5) is 0 Å². The summed E-state index contributed by atoms with van der Waals surface area (Å²) in [7, 11) is -3.35. The zero-order chi connectivity index (χ0) is 15.0. The summed E-state index contributed by atoms with van der Waals surface area (Å²) in [4.78, 5) is 17.8. The summed E-state index contributed by atoms with van der Waals surface area (Å²) >= 11 is 0. The summed E-state index contributed by atoms with van der Waals surface area (Å²) in [5.74, 6) is 0. The Hall–Kier alpha value is -1.80. The maximum Gasteiger partial charge on any atom is 0.246 e. The molecule has 2 aromatic rings. The number of hydrogen-bond donors (Lipinski definition) is 1. The number of fused-ring (bicyclic) bond motifs is 1. The van der Waals surface area contributed by atoms with Crippen LogP contribution in [0.3, 0.4) is 0 Å². The van der Waals surface area contributed by atoms with Gasteiger partial charge < -0.3 is 4.98 Å². The molecule has 8 heteroatoms. The molecular formula is C13H17N5O2S. The Kier molecular flexibility index (Phi) is 3.50. The zero-order valence-electron chi connectivity index (χ0n) is 12.0. The average molecular weight is 307 g/mol. The van der Waals surface area contributed by atoms with Crippen LogP contribution in [0.1, 0.15) is 22.6 Å². The first-order valence-corrected chi connectivity index (χ1v) is 8.58. The van der Waals surface area contributed by atoms with Gasteiger partial charge in [0.25, 0.3) is 0 Å². The first-order valence-electron chi connectivity index (χ1n) is 6.69. The van der Waals surface area contributed by atoms with Crippen LogP contribution in [0.5, 0.6) is 0 Å². The Morgan fingerprint density at radius 3 is 2.86 bits per heavy atom. The highest BCUT2D eigenvalue weighted by Gasteiger charge is 2.21. The molecule has 0 unspecified atom stereocenters. The quantitative estimate of drug-likeness (QED) is 0.829. The molecule has 7 nitrogen and oxygen atoms in total.